The minimum absolute atomic E-state index is 0.0938. The van der Waals surface area contributed by atoms with E-state index in [0.717, 1.165) is 122 Å². The second-order valence-electron chi connectivity index (χ2n) is 17.7. The Hall–Kier alpha value is -3.41. The van der Waals surface area contributed by atoms with Crippen LogP contribution in [-0.2, 0) is 28.6 Å². The lowest BCUT2D eigenvalue weighted by Crippen LogP contribution is -2.30. The van der Waals surface area contributed by atoms with Gasteiger partial charge >= 0.3 is 17.9 Å². The van der Waals surface area contributed by atoms with E-state index in [0.29, 0.717) is 19.3 Å². The molecule has 65 heavy (non-hydrogen) atoms. The highest BCUT2D eigenvalue weighted by Crippen LogP contribution is 2.14. The Bertz CT molecular complexity index is 1270. The van der Waals surface area contributed by atoms with Gasteiger partial charge in [0.1, 0.15) is 13.2 Å². The van der Waals surface area contributed by atoms with Gasteiger partial charge in [-0.1, -0.05) is 202 Å². The number of hydrogen-bond donors (Lipinski definition) is 0. The van der Waals surface area contributed by atoms with Gasteiger partial charge in [0.2, 0.25) is 0 Å². The van der Waals surface area contributed by atoms with E-state index in [1.807, 2.05) is 0 Å². The molecule has 0 aliphatic carbocycles. The Kier molecular flexibility index (Phi) is 50.4. The number of allylic oxidation sites excluding steroid dienone is 14. The number of hydrogen-bond acceptors (Lipinski definition) is 6. The lowest BCUT2D eigenvalue weighted by Gasteiger charge is -2.18. The molecule has 0 heterocycles. The van der Waals surface area contributed by atoms with Crippen LogP contribution in [0.2, 0.25) is 0 Å². The normalized spacial score (nSPS) is 12.7. The Balaban J connectivity index is 4.46. The number of carbonyl (C=O) groups excluding carboxylic acids is 3. The number of carbonyl (C=O) groups is 3. The van der Waals surface area contributed by atoms with E-state index >= 15 is 0 Å². The van der Waals surface area contributed by atoms with Crippen LogP contribution in [0.3, 0.4) is 0 Å². The molecule has 1 atom stereocenters. The van der Waals surface area contributed by atoms with Crippen molar-refractivity contribution in [2.45, 2.75) is 258 Å². The summed E-state index contributed by atoms with van der Waals surface area (Å²) in [6, 6.07) is 0. The Labute approximate surface area is 401 Å². The fourth-order valence-corrected chi connectivity index (χ4v) is 7.28. The molecular weight excluding hydrogens is 805 g/mol. The van der Waals surface area contributed by atoms with Gasteiger partial charge < -0.3 is 14.2 Å². The van der Waals surface area contributed by atoms with Gasteiger partial charge in [0.05, 0.1) is 0 Å². The Morgan fingerprint density at radius 1 is 0.323 bits per heavy atom. The fraction of sp³-hybridized carbons (Fsp3) is 0.712. The van der Waals surface area contributed by atoms with Crippen molar-refractivity contribution in [3.8, 4) is 0 Å². The number of unbranched alkanes of at least 4 members (excludes halogenated alkanes) is 23. The van der Waals surface area contributed by atoms with Crippen LogP contribution in [0.25, 0.3) is 0 Å². The van der Waals surface area contributed by atoms with Crippen LogP contribution in [0, 0.1) is 0 Å². The van der Waals surface area contributed by atoms with Gasteiger partial charge in [-0.2, -0.15) is 0 Å². The SMILES string of the molecule is CC/C=C\C/C=C\C/C=C\C/C=C\CCCCCCC(=O)OC[C@H](COC(=O)CCCCCCC/C=C\C/C=C\CCCCC)OC(=O)CCCCCCCCC/C=C\CCCCCC. The highest BCUT2D eigenvalue weighted by Gasteiger charge is 2.19. The van der Waals surface area contributed by atoms with Gasteiger partial charge in [0.15, 0.2) is 6.10 Å². The molecule has 0 unspecified atom stereocenters. The maximum atomic E-state index is 12.8. The Morgan fingerprint density at radius 3 is 0.985 bits per heavy atom. The highest BCUT2D eigenvalue weighted by molar-refractivity contribution is 5.71. The lowest BCUT2D eigenvalue weighted by molar-refractivity contribution is -0.167. The van der Waals surface area contributed by atoms with Crippen LogP contribution in [0.4, 0.5) is 0 Å². The van der Waals surface area contributed by atoms with Crippen molar-refractivity contribution in [1.82, 2.24) is 0 Å². The van der Waals surface area contributed by atoms with E-state index in [-0.39, 0.29) is 31.1 Å². The smallest absolute Gasteiger partial charge is 0.306 e. The molecule has 0 saturated heterocycles. The van der Waals surface area contributed by atoms with Gasteiger partial charge in [-0.15, -0.1) is 0 Å². The van der Waals surface area contributed by atoms with E-state index < -0.39 is 6.10 Å². The zero-order valence-electron chi connectivity index (χ0n) is 42.5. The fourth-order valence-electron chi connectivity index (χ4n) is 7.28. The standard InChI is InChI=1S/C59H100O6/c1-4-7-10-13-16-19-22-25-28-29-32-34-37-40-43-46-49-52-58(61)64-55-56(65-59(62)53-50-47-44-41-38-35-31-27-24-21-18-15-12-9-6-3)54-63-57(60)51-48-45-42-39-36-33-30-26-23-20-17-14-11-8-5-2/h7,10,16-17,19-21,24-26,28,30,32,34,56H,4-6,8-9,11-15,18,22-23,27,29,31,33,35-55H2,1-3H3/b10-7-,19-16-,20-17-,24-21-,28-25-,30-26-,34-32-/t56-/m0/s1. The molecule has 0 aliphatic heterocycles. The predicted molar refractivity (Wildman–Crippen MR) is 279 cm³/mol. The minimum atomic E-state index is -0.795. The van der Waals surface area contributed by atoms with Gasteiger partial charge in [0.25, 0.3) is 0 Å². The van der Waals surface area contributed by atoms with Crippen molar-refractivity contribution in [2.75, 3.05) is 13.2 Å². The molecule has 0 rings (SSSR count). The molecule has 0 aromatic heterocycles. The summed E-state index contributed by atoms with van der Waals surface area (Å²) in [4.78, 5) is 38.1. The third kappa shape index (κ3) is 51.4. The average Bonchev–Trinajstić information content (AvgIpc) is 3.30. The zero-order valence-corrected chi connectivity index (χ0v) is 42.5. The van der Waals surface area contributed by atoms with Gasteiger partial charge in [-0.3, -0.25) is 14.4 Å². The van der Waals surface area contributed by atoms with Crippen LogP contribution in [0.1, 0.15) is 252 Å². The summed E-state index contributed by atoms with van der Waals surface area (Å²) >= 11 is 0. The quantitative estimate of drug-likeness (QED) is 0.0262. The summed E-state index contributed by atoms with van der Waals surface area (Å²) in [5.41, 5.74) is 0. The average molecular weight is 905 g/mol. The molecule has 0 aromatic rings. The van der Waals surface area contributed by atoms with E-state index in [2.05, 4.69) is 106 Å². The molecule has 372 valence electrons. The monoisotopic (exact) mass is 905 g/mol. The van der Waals surface area contributed by atoms with Crippen LogP contribution >= 0.6 is 0 Å². The van der Waals surface area contributed by atoms with E-state index in [4.69, 9.17) is 14.2 Å². The first-order valence-corrected chi connectivity index (χ1v) is 27.1. The van der Waals surface area contributed by atoms with Gasteiger partial charge in [-0.05, 0) is 116 Å². The molecule has 6 nitrogen and oxygen atoms in total. The summed E-state index contributed by atoms with van der Waals surface area (Å²) in [6.45, 7) is 6.45. The second kappa shape index (κ2) is 53.2. The van der Waals surface area contributed by atoms with Crippen molar-refractivity contribution in [1.29, 1.82) is 0 Å². The maximum Gasteiger partial charge on any atom is 0.306 e. The third-order valence-electron chi connectivity index (χ3n) is 11.4. The first-order chi connectivity index (χ1) is 32.0. The van der Waals surface area contributed by atoms with Crippen molar-refractivity contribution in [2.24, 2.45) is 0 Å². The van der Waals surface area contributed by atoms with Gasteiger partial charge in [0, 0.05) is 19.3 Å². The summed E-state index contributed by atoms with van der Waals surface area (Å²) in [7, 11) is 0. The summed E-state index contributed by atoms with van der Waals surface area (Å²) in [5.74, 6) is -0.933. The summed E-state index contributed by atoms with van der Waals surface area (Å²) in [5, 5.41) is 0. The van der Waals surface area contributed by atoms with E-state index in [1.165, 1.54) is 89.9 Å². The molecule has 0 fully saturated rings. The molecule has 0 amide bonds. The molecular formula is C59H100O6. The van der Waals surface area contributed by atoms with E-state index in [9.17, 15) is 14.4 Å². The second-order valence-corrected chi connectivity index (χ2v) is 17.7. The molecule has 0 saturated carbocycles. The molecule has 0 radical (unpaired) electrons. The number of esters is 3. The number of ether oxygens (including phenoxy) is 3. The maximum absolute atomic E-state index is 12.8. The van der Waals surface area contributed by atoms with Crippen molar-refractivity contribution in [3.63, 3.8) is 0 Å². The molecule has 6 heteroatoms. The topological polar surface area (TPSA) is 78.9 Å². The molecule has 0 aliphatic rings. The van der Waals surface area contributed by atoms with E-state index in [1.54, 1.807) is 0 Å². The lowest BCUT2D eigenvalue weighted by atomic mass is 10.1. The summed E-state index contributed by atoms with van der Waals surface area (Å²) in [6.07, 6.45) is 68.4. The van der Waals surface area contributed by atoms with Gasteiger partial charge in [-0.25, -0.2) is 0 Å². The molecule has 0 bridgehead atoms. The van der Waals surface area contributed by atoms with Crippen LogP contribution in [-0.4, -0.2) is 37.2 Å². The van der Waals surface area contributed by atoms with Crippen LogP contribution in [0.5, 0.6) is 0 Å². The first kappa shape index (κ1) is 61.6. The molecule has 0 N–H and O–H groups in total. The molecule has 0 spiro atoms. The predicted octanol–water partition coefficient (Wildman–Crippen LogP) is 18.0. The van der Waals surface area contributed by atoms with Crippen molar-refractivity contribution in [3.05, 3.63) is 85.1 Å². The Morgan fingerprint density at radius 2 is 0.600 bits per heavy atom. The molecule has 0 aromatic carbocycles. The highest BCUT2D eigenvalue weighted by atomic mass is 16.6. The van der Waals surface area contributed by atoms with Crippen molar-refractivity contribution < 1.29 is 28.6 Å². The first-order valence-electron chi connectivity index (χ1n) is 27.1. The third-order valence-corrected chi connectivity index (χ3v) is 11.4. The van der Waals surface area contributed by atoms with Crippen LogP contribution < -0.4 is 0 Å². The largest absolute Gasteiger partial charge is 0.462 e. The van der Waals surface area contributed by atoms with Crippen molar-refractivity contribution >= 4 is 17.9 Å². The zero-order chi connectivity index (χ0) is 47.2. The summed E-state index contributed by atoms with van der Waals surface area (Å²) < 4.78 is 16.8. The number of rotatable bonds is 48. The minimum Gasteiger partial charge on any atom is -0.462 e. The van der Waals surface area contributed by atoms with Crippen LogP contribution in [0.15, 0.2) is 85.1 Å².